The minimum atomic E-state index is -4.82. The van der Waals surface area contributed by atoms with Crippen LogP contribution in [0, 0.1) is 0 Å². The second-order valence-corrected chi connectivity index (χ2v) is 5.51. The second-order valence-electron chi connectivity index (χ2n) is 3.16. The molecular formula is C6H16Na2O12P2. The molecule has 0 aromatic rings. The predicted octanol–water partition coefficient (Wildman–Crippen LogP) is -10.4. The van der Waals surface area contributed by atoms with E-state index in [-0.39, 0.29) is 59.1 Å². The maximum absolute atomic E-state index is 9.90. The van der Waals surface area contributed by atoms with E-state index in [0.717, 1.165) is 0 Å². The summed E-state index contributed by atoms with van der Waals surface area (Å²) in [5.41, 5.74) is 0. The molecule has 124 valence electrons. The molecule has 0 spiro atoms. The van der Waals surface area contributed by atoms with Crippen LogP contribution in [0.1, 0.15) is 0 Å². The molecule has 0 rings (SSSR count). The molecule has 3 atom stereocenters. The zero-order valence-electron chi connectivity index (χ0n) is 12.0. The van der Waals surface area contributed by atoms with Gasteiger partial charge in [0.1, 0.15) is 12.2 Å². The van der Waals surface area contributed by atoms with Crippen molar-refractivity contribution in [1.29, 1.82) is 0 Å². The Balaban J connectivity index is -0.000000135. The van der Waals surface area contributed by atoms with Crippen molar-refractivity contribution in [2.75, 3.05) is 26.4 Å². The average molecular weight is 388 g/mol. The minimum absolute atomic E-state index is 0. The number of aliphatic hydroxyl groups excluding tert-OH is 4. The summed E-state index contributed by atoms with van der Waals surface area (Å²) in [6, 6.07) is 0. The van der Waals surface area contributed by atoms with E-state index in [4.69, 9.17) is 30.2 Å². The molecule has 0 aliphatic heterocycles. The zero-order chi connectivity index (χ0) is 16.4. The molecule has 0 aromatic carbocycles. The molecule has 12 nitrogen and oxygen atoms in total. The third kappa shape index (κ3) is 26.9. The molecule has 6 N–H and O–H groups in total. The standard InChI is InChI=1S/2C3H9O6P.2Na/c4-1-3(5)2-9-10(6,7)8;4-1-3(2-5)9-10(6,7)8;;/h2*3-5H,1-2H2,(H2,6,7,8);;/q;;2*+1/p-2. The van der Waals surface area contributed by atoms with Crippen LogP contribution < -0.4 is 68.9 Å². The Hall–Kier alpha value is 2.06. The third-order valence-corrected chi connectivity index (χ3v) is 2.37. The molecule has 16 heteroatoms. The van der Waals surface area contributed by atoms with Crippen LogP contribution in [0.4, 0.5) is 0 Å². The summed E-state index contributed by atoms with van der Waals surface area (Å²) >= 11 is 0. The van der Waals surface area contributed by atoms with Crippen LogP contribution in [0.5, 0.6) is 0 Å². The Morgan fingerprint density at radius 2 is 1.32 bits per heavy atom. The largest absolute Gasteiger partial charge is 1.00 e. The summed E-state index contributed by atoms with van der Waals surface area (Å²) in [6.07, 6.45) is -2.55. The molecule has 3 unspecified atom stereocenters. The normalized spacial score (nSPS) is 17.0. The molecule has 22 heavy (non-hydrogen) atoms. The Labute approximate surface area is 170 Å². The number of hydrogen-bond donors (Lipinski definition) is 6. The monoisotopic (exact) mass is 388 g/mol. The first-order valence-electron chi connectivity index (χ1n) is 4.86. The number of aliphatic hydroxyl groups is 4. The van der Waals surface area contributed by atoms with Crippen LogP contribution in [0.2, 0.25) is 0 Å². The van der Waals surface area contributed by atoms with Gasteiger partial charge in [0.25, 0.3) is 15.6 Å². The average Bonchev–Trinajstić information content (AvgIpc) is 2.31. The maximum Gasteiger partial charge on any atom is 1.00 e. The number of phosphoric ester groups is 2. The van der Waals surface area contributed by atoms with Gasteiger partial charge in [-0.15, -0.1) is 0 Å². The van der Waals surface area contributed by atoms with Crippen LogP contribution in [0.25, 0.3) is 0 Å². The molecule has 0 saturated heterocycles. The Morgan fingerprint density at radius 3 is 1.50 bits per heavy atom. The van der Waals surface area contributed by atoms with E-state index >= 15 is 0 Å². The van der Waals surface area contributed by atoms with Gasteiger partial charge >= 0.3 is 59.1 Å². The van der Waals surface area contributed by atoms with Crippen LogP contribution in [0.3, 0.4) is 0 Å². The van der Waals surface area contributed by atoms with Crippen molar-refractivity contribution in [3.63, 3.8) is 0 Å². The Bertz CT molecular complexity index is 328. The number of rotatable bonds is 8. The van der Waals surface area contributed by atoms with Crippen LogP contribution >= 0.6 is 15.6 Å². The van der Waals surface area contributed by atoms with Gasteiger partial charge in [0.15, 0.2) is 0 Å². The summed E-state index contributed by atoms with van der Waals surface area (Å²) in [7, 11) is -9.58. The van der Waals surface area contributed by atoms with E-state index in [1.807, 2.05) is 0 Å². The smallest absolute Gasteiger partial charge is 0.756 e. The molecule has 0 aliphatic carbocycles. The first kappa shape index (κ1) is 31.8. The van der Waals surface area contributed by atoms with Gasteiger partial charge in [-0.1, -0.05) is 0 Å². The number of phosphoric acid groups is 2. The van der Waals surface area contributed by atoms with Gasteiger partial charge in [0.05, 0.1) is 26.4 Å². The quantitative estimate of drug-likeness (QED) is 0.169. The molecule has 0 saturated carbocycles. The van der Waals surface area contributed by atoms with Crippen molar-refractivity contribution < 1.29 is 117 Å². The fourth-order valence-electron chi connectivity index (χ4n) is 0.546. The van der Waals surface area contributed by atoms with E-state index in [1.54, 1.807) is 0 Å². The first-order chi connectivity index (χ1) is 8.95. The molecule has 0 aromatic heterocycles. The Kier molecular flexibility index (Phi) is 23.9. The van der Waals surface area contributed by atoms with Gasteiger partial charge in [0, 0.05) is 0 Å². The van der Waals surface area contributed by atoms with Gasteiger partial charge in [0.2, 0.25) is 0 Å². The van der Waals surface area contributed by atoms with Gasteiger partial charge in [-0.25, -0.2) is 0 Å². The summed E-state index contributed by atoms with van der Waals surface area (Å²) < 4.78 is 27.2. The van der Waals surface area contributed by atoms with E-state index in [2.05, 4.69) is 9.05 Å². The summed E-state index contributed by atoms with van der Waals surface area (Å²) in [5.74, 6) is 0. The molecule has 0 fully saturated rings. The fraction of sp³-hybridized carbons (Fsp3) is 1.00. The van der Waals surface area contributed by atoms with Gasteiger partial charge in [-0.3, -0.25) is 9.13 Å². The van der Waals surface area contributed by atoms with Crippen molar-refractivity contribution >= 4 is 15.6 Å². The van der Waals surface area contributed by atoms with Crippen molar-refractivity contribution in [3.05, 3.63) is 0 Å². The molecular weight excluding hydrogens is 372 g/mol. The van der Waals surface area contributed by atoms with Crippen molar-refractivity contribution in [1.82, 2.24) is 0 Å². The van der Waals surface area contributed by atoms with Crippen LogP contribution in [-0.4, -0.2) is 68.8 Å². The summed E-state index contributed by atoms with van der Waals surface area (Å²) in [6.45, 7) is -2.57. The first-order valence-corrected chi connectivity index (χ1v) is 7.85. The predicted molar refractivity (Wildman–Crippen MR) is 57.7 cm³/mol. The van der Waals surface area contributed by atoms with Gasteiger partial charge in [-0.2, -0.15) is 0 Å². The zero-order valence-corrected chi connectivity index (χ0v) is 17.8. The van der Waals surface area contributed by atoms with E-state index < -0.39 is 54.3 Å². The van der Waals surface area contributed by atoms with Crippen molar-refractivity contribution in [3.8, 4) is 0 Å². The topological polar surface area (TPSA) is 220 Å². The second kappa shape index (κ2) is 16.5. The van der Waals surface area contributed by atoms with Gasteiger partial charge in [-0.05, 0) is 0 Å². The molecule has 0 radical (unpaired) electrons. The summed E-state index contributed by atoms with van der Waals surface area (Å²) in [5, 5.41) is 33.1. The van der Waals surface area contributed by atoms with Crippen molar-refractivity contribution in [2.45, 2.75) is 12.2 Å². The van der Waals surface area contributed by atoms with E-state index in [1.165, 1.54) is 0 Å². The van der Waals surface area contributed by atoms with E-state index in [0.29, 0.717) is 0 Å². The maximum atomic E-state index is 9.90. The third-order valence-electron chi connectivity index (χ3n) is 1.33. The van der Waals surface area contributed by atoms with Gasteiger partial charge < -0.3 is 49.0 Å². The van der Waals surface area contributed by atoms with Crippen LogP contribution in [-0.2, 0) is 18.2 Å². The fourth-order valence-corrected chi connectivity index (χ4v) is 1.42. The summed E-state index contributed by atoms with van der Waals surface area (Å²) in [4.78, 5) is 35.7. The minimum Gasteiger partial charge on any atom is -0.756 e. The SMILES string of the molecule is O=P([O-])(O)OC(CO)CO.O=P([O-])(O)OCC(O)CO.[Na+].[Na+]. The molecule has 0 amide bonds. The van der Waals surface area contributed by atoms with Crippen LogP contribution in [0.15, 0.2) is 0 Å². The van der Waals surface area contributed by atoms with E-state index in [9.17, 15) is 18.9 Å². The number of hydrogen-bond acceptors (Lipinski definition) is 10. The Morgan fingerprint density at radius 1 is 0.909 bits per heavy atom. The molecule has 0 aliphatic rings. The molecule has 0 bridgehead atoms. The molecule has 0 heterocycles. The van der Waals surface area contributed by atoms with Crippen molar-refractivity contribution in [2.24, 2.45) is 0 Å².